The van der Waals surface area contributed by atoms with Crippen molar-refractivity contribution in [3.8, 4) is 0 Å². The number of rotatable bonds is 5. The Morgan fingerprint density at radius 3 is 2.85 bits per heavy atom. The number of anilines is 1. The van der Waals surface area contributed by atoms with Gasteiger partial charge in [0.1, 0.15) is 12.1 Å². The molecule has 0 aliphatic carbocycles. The van der Waals surface area contributed by atoms with Gasteiger partial charge in [-0.2, -0.15) is 0 Å². The van der Waals surface area contributed by atoms with E-state index < -0.39 is 0 Å². The van der Waals surface area contributed by atoms with Crippen molar-refractivity contribution < 1.29 is 4.79 Å². The molecule has 1 aromatic heterocycles. The van der Waals surface area contributed by atoms with Crippen LogP contribution < -0.4 is 10.6 Å². The number of benzene rings is 1. The molecule has 0 saturated heterocycles. The van der Waals surface area contributed by atoms with E-state index in [0.717, 1.165) is 16.0 Å². The van der Waals surface area contributed by atoms with Gasteiger partial charge in [0.15, 0.2) is 0 Å². The zero-order chi connectivity index (χ0) is 14.4. The van der Waals surface area contributed by atoms with E-state index in [2.05, 4.69) is 36.5 Å². The van der Waals surface area contributed by atoms with E-state index in [1.807, 2.05) is 25.1 Å². The van der Waals surface area contributed by atoms with Crippen molar-refractivity contribution in [3.63, 3.8) is 0 Å². The SMILES string of the molecule is Cc1cc(NCCNC(=O)c2cccc(Br)c2)ncn1. The number of carbonyl (C=O) groups excluding carboxylic acids is 1. The summed E-state index contributed by atoms with van der Waals surface area (Å²) in [7, 11) is 0. The minimum Gasteiger partial charge on any atom is -0.368 e. The van der Waals surface area contributed by atoms with Crippen LogP contribution in [0.15, 0.2) is 41.1 Å². The Kier molecular flexibility index (Phi) is 5.06. The predicted molar refractivity (Wildman–Crippen MR) is 81.7 cm³/mol. The Bertz CT molecular complexity index is 603. The zero-order valence-electron chi connectivity index (χ0n) is 11.1. The number of nitrogens with one attached hydrogen (secondary N) is 2. The fourth-order valence-electron chi connectivity index (χ4n) is 1.65. The molecule has 5 nitrogen and oxygen atoms in total. The zero-order valence-corrected chi connectivity index (χ0v) is 12.6. The van der Waals surface area contributed by atoms with Crippen molar-refractivity contribution in [2.75, 3.05) is 18.4 Å². The molecule has 0 unspecified atom stereocenters. The van der Waals surface area contributed by atoms with Crippen LogP contribution in [-0.4, -0.2) is 29.0 Å². The maximum atomic E-state index is 11.9. The summed E-state index contributed by atoms with van der Waals surface area (Å²) in [6.07, 6.45) is 1.51. The van der Waals surface area contributed by atoms with Gasteiger partial charge in [0.05, 0.1) is 0 Å². The molecule has 0 aliphatic rings. The van der Waals surface area contributed by atoms with Crippen molar-refractivity contribution in [2.45, 2.75) is 6.92 Å². The molecule has 0 saturated carbocycles. The van der Waals surface area contributed by atoms with Gasteiger partial charge in [-0.3, -0.25) is 4.79 Å². The highest BCUT2D eigenvalue weighted by atomic mass is 79.9. The number of hydrogen-bond donors (Lipinski definition) is 2. The van der Waals surface area contributed by atoms with Crippen LogP contribution in [0.5, 0.6) is 0 Å². The van der Waals surface area contributed by atoms with Gasteiger partial charge in [0, 0.05) is 34.9 Å². The molecule has 2 aromatic rings. The fourth-order valence-corrected chi connectivity index (χ4v) is 2.05. The van der Waals surface area contributed by atoms with Crippen molar-refractivity contribution in [1.29, 1.82) is 0 Å². The average Bonchev–Trinajstić information content (AvgIpc) is 2.43. The van der Waals surface area contributed by atoms with Crippen LogP contribution in [0.1, 0.15) is 16.1 Å². The number of aryl methyl sites for hydroxylation is 1. The van der Waals surface area contributed by atoms with Crippen LogP contribution in [0.3, 0.4) is 0 Å². The maximum absolute atomic E-state index is 11.9. The quantitative estimate of drug-likeness (QED) is 0.824. The Labute approximate surface area is 126 Å². The molecule has 0 spiro atoms. The van der Waals surface area contributed by atoms with Crippen molar-refractivity contribution in [3.05, 3.63) is 52.4 Å². The Morgan fingerprint density at radius 2 is 2.10 bits per heavy atom. The molecule has 2 N–H and O–H groups in total. The first-order valence-corrected chi connectivity index (χ1v) is 7.01. The van der Waals surface area contributed by atoms with Gasteiger partial charge < -0.3 is 10.6 Å². The lowest BCUT2D eigenvalue weighted by molar-refractivity contribution is 0.0955. The van der Waals surface area contributed by atoms with Crippen LogP contribution in [-0.2, 0) is 0 Å². The lowest BCUT2D eigenvalue weighted by Gasteiger charge is -2.07. The minimum atomic E-state index is -0.0908. The first-order valence-electron chi connectivity index (χ1n) is 6.21. The van der Waals surface area contributed by atoms with Crippen LogP contribution in [0.2, 0.25) is 0 Å². The number of hydrogen-bond acceptors (Lipinski definition) is 4. The van der Waals surface area contributed by atoms with E-state index in [1.165, 1.54) is 6.33 Å². The normalized spacial score (nSPS) is 10.1. The summed E-state index contributed by atoms with van der Waals surface area (Å²) in [5, 5.41) is 5.97. The predicted octanol–water partition coefficient (Wildman–Crippen LogP) is 2.39. The van der Waals surface area contributed by atoms with Gasteiger partial charge in [-0.15, -0.1) is 0 Å². The summed E-state index contributed by atoms with van der Waals surface area (Å²) in [5.41, 5.74) is 1.54. The first kappa shape index (κ1) is 14.5. The molecule has 0 bridgehead atoms. The standard InChI is InChI=1S/C14H15BrN4O/c1-10-7-13(19-9-18-10)16-5-6-17-14(20)11-3-2-4-12(15)8-11/h2-4,7-9H,5-6H2,1H3,(H,17,20)(H,16,18,19). The van der Waals surface area contributed by atoms with Gasteiger partial charge in [0.2, 0.25) is 0 Å². The van der Waals surface area contributed by atoms with Crippen LogP contribution in [0.25, 0.3) is 0 Å². The highest BCUT2D eigenvalue weighted by Crippen LogP contribution is 2.11. The Balaban J connectivity index is 1.77. The van der Waals surface area contributed by atoms with E-state index in [-0.39, 0.29) is 5.91 Å². The van der Waals surface area contributed by atoms with Gasteiger partial charge in [-0.25, -0.2) is 9.97 Å². The first-order chi connectivity index (χ1) is 9.65. The van der Waals surface area contributed by atoms with E-state index in [1.54, 1.807) is 12.1 Å². The van der Waals surface area contributed by atoms with E-state index in [0.29, 0.717) is 18.7 Å². The van der Waals surface area contributed by atoms with Gasteiger partial charge >= 0.3 is 0 Å². The van der Waals surface area contributed by atoms with Crippen molar-refractivity contribution >= 4 is 27.7 Å². The number of nitrogens with zero attached hydrogens (tertiary/aromatic N) is 2. The number of amides is 1. The lowest BCUT2D eigenvalue weighted by atomic mass is 10.2. The molecule has 0 atom stereocenters. The third kappa shape index (κ3) is 4.31. The number of carbonyl (C=O) groups is 1. The molecule has 104 valence electrons. The molecule has 1 heterocycles. The number of halogens is 1. The monoisotopic (exact) mass is 334 g/mol. The summed E-state index contributed by atoms with van der Waals surface area (Å²) in [4.78, 5) is 20.0. The van der Waals surface area contributed by atoms with E-state index in [4.69, 9.17) is 0 Å². The maximum Gasteiger partial charge on any atom is 0.251 e. The van der Waals surface area contributed by atoms with Crippen LogP contribution in [0.4, 0.5) is 5.82 Å². The molecule has 0 fully saturated rings. The molecular formula is C14H15BrN4O. The summed E-state index contributed by atoms with van der Waals surface area (Å²) >= 11 is 3.34. The molecular weight excluding hydrogens is 320 g/mol. The third-order valence-electron chi connectivity index (χ3n) is 2.61. The fraction of sp³-hybridized carbons (Fsp3) is 0.214. The second-order valence-electron chi connectivity index (χ2n) is 4.24. The molecule has 2 rings (SSSR count). The van der Waals surface area contributed by atoms with Gasteiger partial charge in [0.25, 0.3) is 5.91 Å². The van der Waals surface area contributed by atoms with Crippen LogP contribution in [0, 0.1) is 6.92 Å². The Morgan fingerprint density at radius 1 is 1.25 bits per heavy atom. The average molecular weight is 335 g/mol. The van der Waals surface area contributed by atoms with Crippen LogP contribution >= 0.6 is 15.9 Å². The Hall–Kier alpha value is -1.95. The van der Waals surface area contributed by atoms with Gasteiger partial charge in [-0.05, 0) is 25.1 Å². The highest BCUT2D eigenvalue weighted by molar-refractivity contribution is 9.10. The number of aromatic nitrogens is 2. The van der Waals surface area contributed by atoms with Crippen molar-refractivity contribution in [2.24, 2.45) is 0 Å². The molecule has 1 aromatic carbocycles. The summed E-state index contributed by atoms with van der Waals surface area (Å²) in [6, 6.07) is 9.14. The summed E-state index contributed by atoms with van der Waals surface area (Å²) < 4.78 is 0.889. The molecule has 0 radical (unpaired) electrons. The minimum absolute atomic E-state index is 0.0908. The summed E-state index contributed by atoms with van der Waals surface area (Å²) in [5.74, 6) is 0.668. The van der Waals surface area contributed by atoms with E-state index >= 15 is 0 Å². The topological polar surface area (TPSA) is 66.9 Å². The highest BCUT2D eigenvalue weighted by Gasteiger charge is 2.04. The molecule has 0 aliphatic heterocycles. The molecule has 20 heavy (non-hydrogen) atoms. The summed E-state index contributed by atoms with van der Waals surface area (Å²) in [6.45, 7) is 3.03. The van der Waals surface area contributed by atoms with E-state index in [9.17, 15) is 4.79 Å². The largest absolute Gasteiger partial charge is 0.368 e. The third-order valence-corrected chi connectivity index (χ3v) is 3.10. The van der Waals surface area contributed by atoms with Gasteiger partial charge in [-0.1, -0.05) is 22.0 Å². The van der Waals surface area contributed by atoms with Crippen molar-refractivity contribution in [1.82, 2.24) is 15.3 Å². The molecule has 6 heteroatoms. The smallest absolute Gasteiger partial charge is 0.251 e. The second-order valence-corrected chi connectivity index (χ2v) is 5.15. The second kappa shape index (κ2) is 7.00. The molecule has 1 amide bonds. The lowest BCUT2D eigenvalue weighted by Crippen LogP contribution is -2.28.